The first-order valence-corrected chi connectivity index (χ1v) is 5.01. The molecule has 2 rings (SSSR count). The molecular formula is C10H17N3. The molecule has 2 unspecified atom stereocenters. The Bertz CT molecular complexity index is 245. The largest absolute Gasteiger partial charge is 0.294 e. The van der Waals surface area contributed by atoms with E-state index in [4.69, 9.17) is 0 Å². The van der Waals surface area contributed by atoms with Gasteiger partial charge in [-0.25, -0.2) is 0 Å². The third-order valence-electron chi connectivity index (χ3n) is 3.05. The number of aromatic nitrogens is 2. The Labute approximate surface area is 79.1 Å². The van der Waals surface area contributed by atoms with Gasteiger partial charge in [-0.2, -0.15) is 5.10 Å². The fraction of sp³-hybridized carbons (Fsp3) is 0.700. The quantitative estimate of drug-likeness (QED) is 0.750. The number of nitrogens with one attached hydrogen (secondary N) is 1. The standard InChI is InChI=1S/C10H17N3/c1-8-3-4-9(2)13(8)7-10-5-11-12-6-10/h5-6,8-9H,3-4,7H2,1-2H3,(H,11,12). The summed E-state index contributed by atoms with van der Waals surface area (Å²) in [6.07, 6.45) is 6.56. The summed E-state index contributed by atoms with van der Waals surface area (Å²) in [5, 5.41) is 6.82. The Morgan fingerprint density at radius 2 is 2.15 bits per heavy atom. The Balaban J connectivity index is 2.01. The second-order valence-electron chi connectivity index (χ2n) is 4.05. The highest BCUT2D eigenvalue weighted by Crippen LogP contribution is 2.24. The van der Waals surface area contributed by atoms with Gasteiger partial charge in [-0.3, -0.25) is 10.00 Å². The SMILES string of the molecule is CC1CCC(C)N1Cc1cn[nH]c1. The van der Waals surface area contributed by atoms with Crippen molar-refractivity contribution >= 4 is 0 Å². The average Bonchev–Trinajstić information content (AvgIpc) is 2.70. The fourth-order valence-electron chi connectivity index (χ4n) is 2.14. The van der Waals surface area contributed by atoms with Crippen LogP contribution in [-0.2, 0) is 6.54 Å². The molecule has 2 heterocycles. The van der Waals surface area contributed by atoms with Crippen LogP contribution in [0.5, 0.6) is 0 Å². The van der Waals surface area contributed by atoms with Crippen molar-refractivity contribution in [2.45, 2.75) is 45.3 Å². The molecule has 0 bridgehead atoms. The van der Waals surface area contributed by atoms with Gasteiger partial charge in [0.2, 0.25) is 0 Å². The van der Waals surface area contributed by atoms with Gasteiger partial charge >= 0.3 is 0 Å². The van der Waals surface area contributed by atoms with Crippen molar-refractivity contribution in [2.75, 3.05) is 0 Å². The van der Waals surface area contributed by atoms with Crippen LogP contribution < -0.4 is 0 Å². The smallest absolute Gasteiger partial charge is 0.0532 e. The zero-order chi connectivity index (χ0) is 9.26. The van der Waals surface area contributed by atoms with Crippen molar-refractivity contribution in [3.05, 3.63) is 18.0 Å². The van der Waals surface area contributed by atoms with E-state index < -0.39 is 0 Å². The lowest BCUT2D eigenvalue weighted by atomic mass is 10.2. The third kappa shape index (κ3) is 1.75. The van der Waals surface area contributed by atoms with Crippen LogP contribution in [0.1, 0.15) is 32.3 Å². The van der Waals surface area contributed by atoms with Crippen LogP contribution in [0, 0.1) is 0 Å². The van der Waals surface area contributed by atoms with E-state index in [2.05, 4.69) is 28.9 Å². The number of rotatable bonds is 2. The van der Waals surface area contributed by atoms with Crippen molar-refractivity contribution < 1.29 is 0 Å². The topological polar surface area (TPSA) is 31.9 Å². The Hall–Kier alpha value is -0.830. The van der Waals surface area contributed by atoms with E-state index in [1.54, 1.807) is 0 Å². The van der Waals surface area contributed by atoms with Gasteiger partial charge in [0.1, 0.15) is 0 Å². The molecule has 1 aromatic rings. The second kappa shape index (κ2) is 3.50. The maximum absolute atomic E-state index is 3.96. The monoisotopic (exact) mass is 179 g/mol. The van der Waals surface area contributed by atoms with Crippen LogP contribution in [0.25, 0.3) is 0 Å². The van der Waals surface area contributed by atoms with Crippen molar-refractivity contribution in [2.24, 2.45) is 0 Å². The predicted molar refractivity (Wildman–Crippen MR) is 52.3 cm³/mol. The lowest BCUT2D eigenvalue weighted by Crippen LogP contribution is -2.31. The summed E-state index contributed by atoms with van der Waals surface area (Å²) in [5.74, 6) is 0. The summed E-state index contributed by atoms with van der Waals surface area (Å²) in [6, 6.07) is 1.45. The number of hydrogen-bond acceptors (Lipinski definition) is 2. The molecule has 3 nitrogen and oxygen atoms in total. The minimum atomic E-state index is 0.727. The van der Waals surface area contributed by atoms with E-state index in [9.17, 15) is 0 Å². The van der Waals surface area contributed by atoms with E-state index in [0.717, 1.165) is 18.6 Å². The first kappa shape index (κ1) is 8.75. The molecular weight excluding hydrogens is 162 g/mol. The maximum Gasteiger partial charge on any atom is 0.0532 e. The highest BCUT2D eigenvalue weighted by Gasteiger charge is 2.26. The first-order chi connectivity index (χ1) is 6.27. The lowest BCUT2D eigenvalue weighted by Gasteiger charge is -2.24. The zero-order valence-corrected chi connectivity index (χ0v) is 8.33. The molecule has 0 saturated carbocycles. The lowest BCUT2D eigenvalue weighted by molar-refractivity contribution is 0.205. The van der Waals surface area contributed by atoms with Crippen molar-refractivity contribution in [3.8, 4) is 0 Å². The van der Waals surface area contributed by atoms with Gasteiger partial charge in [-0.15, -0.1) is 0 Å². The average molecular weight is 179 g/mol. The molecule has 1 saturated heterocycles. The number of likely N-dealkylation sites (tertiary alicyclic amines) is 1. The predicted octanol–water partition coefficient (Wildman–Crippen LogP) is 1.78. The van der Waals surface area contributed by atoms with Crippen molar-refractivity contribution in [1.82, 2.24) is 15.1 Å². The van der Waals surface area contributed by atoms with Crippen LogP contribution in [0.3, 0.4) is 0 Å². The van der Waals surface area contributed by atoms with Gasteiger partial charge in [-0.05, 0) is 26.7 Å². The highest BCUT2D eigenvalue weighted by molar-refractivity contribution is 5.03. The molecule has 1 fully saturated rings. The van der Waals surface area contributed by atoms with Gasteiger partial charge in [0.05, 0.1) is 6.20 Å². The van der Waals surface area contributed by atoms with Gasteiger partial charge in [0, 0.05) is 30.4 Å². The van der Waals surface area contributed by atoms with E-state index in [1.165, 1.54) is 18.4 Å². The van der Waals surface area contributed by atoms with Gasteiger partial charge in [-0.1, -0.05) is 0 Å². The van der Waals surface area contributed by atoms with E-state index in [-0.39, 0.29) is 0 Å². The zero-order valence-electron chi connectivity index (χ0n) is 8.33. The summed E-state index contributed by atoms with van der Waals surface area (Å²) in [4.78, 5) is 2.55. The molecule has 2 atom stereocenters. The third-order valence-corrected chi connectivity index (χ3v) is 3.05. The maximum atomic E-state index is 3.96. The fourth-order valence-corrected chi connectivity index (χ4v) is 2.14. The van der Waals surface area contributed by atoms with Crippen LogP contribution in [0.4, 0.5) is 0 Å². The molecule has 1 aromatic heterocycles. The Kier molecular flexibility index (Phi) is 2.36. The van der Waals surface area contributed by atoms with Crippen LogP contribution in [0.2, 0.25) is 0 Å². The highest BCUT2D eigenvalue weighted by atomic mass is 15.2. The van der Waals surface area contributed by atoms with Crippen LogP contribution >= 0.6 is 0 Å². The minimum absolute atomic E-state index is 0.727. The molecule has 1 aliphatic heterocycles. The van der Waals surface area contributed by atoms with Crippen LogP contribution in [-0.4, -0.2) is 27.2 Å². The van der Waals surface area contributed by atoms with Crippen LogP contribution in [0.15, 0.2) is 12.4 Å². The van der Waals surface area contributed by atoms with Gasteiger partial charge < -0.3 is 0 Å². The summed E-state index contributed by atoms with van der Waals surface area (Å²) < 4.78 is 0. The number of nitrogens with zero attached hydrogens (tertiary/aromatic N) is 2. The van der Waals surface area contributed by atoms with E-state index in [0.29, 0.717) is 0 Å². The molecule has 72 valence electrons. The Morgan fingerprint density at radius 3 is 2.69 bits per heavy atom. The van der Waals surface area contributed by atoms with E-state index >= 15 is 0 Å². The molecule has 1 aliphatic rings. The number of H-pyrrole nitrogens is 1. The van der Waals surface area contributed by atoms with Crippen molar-refractivity contribution in [1.29, 1.82) is 0 Å². The molecule has 0 aromatic carbocycles. The normalized spacial score (nSPS) is 29.7. The van der Waals surface area contributed by atoms with Crippen molar-refractivity contribution in [3.63, 3.8) is 0 Å². The molecule has 13 heavy (non-hydrogen) atoms. The summed E-state index contributed by atoms with van der Waals surface area (Å²) in [5.41, 5.74) is 1.29. The Morgan fingerprint density at radius 1 is 1.46 bits per heavy atom. The second-order valence-corrected chi connectivity index (χ2v) is 4.05. The summed E-state index contributed by atoms with van der Waals surface area (Å²) >= 11 is 0. The summed E-state index contributed by atoms with van der Waals surface area (Å²) in [6.45, 7) is 5.66. The molecule has 0 aliphatic carbocycles. The first-order valence-electron chi connectivity index (χ1n) is 5.01. The summed E-state index contributed by atoms with van der Waals surface area (Å²) in [7, 11) is 0. The molecule has 0 radical (unpaired) electrons. The molecule has 0 amide bonds. The number of aromatic amines is 1. The molecule has 0 spiro atoms. The van der Waals surface area contributed by atoms with Gasteiger partial charge in [0.25, 0.3) is 0 Å². The number of hydrogen-bond donors (Lipinski definition) is 1. The molecule has 1 N–H and O–H groups in total. The van der Waals surface area contributed by atoms with Gasteiger partial charge in [0.15, 0.2) is 0 Å². The minimum Gasteiger partial charge on any atom is -0.294 e. The molecule has 3 heteroatoms. The van der Waals surface area contributed by atoms with E-state index in [1.807, 2.05) is 12.4 Å².